The SMILES string of the molecule is CC(=S)Nc1cc2c(cc1O)N(Cc1cccc(F)c1)C(=O)CCC2.CCOC(C)=O. The number of phenols is 1. The number of halogens is 1. The number of fused-ring (bicyclic) bond motifs is 1. The minimum Gasteiger partial charge on any atom is -0.506 e. The molecule has 1 amide bonds. The Morgan fingerprint density at radius 2 is 2.00 bits per heavy atom. The van der Waals surface area contributed by atoms with Crippen LogP contribution in [0.3, 0.4) is 0 Å². The third-order valence-corrected chi connectivity index (χ3v) is 4.62. The van der Waals surface area contributed by atoms with Crippen LogP contribution in [0.4, 0.5) is 15.8 Å². The number of carbonyl (C=O) groups excluding carboxylic acids is 2. The molecule has 2 N–H and O–H groups in total. The van der Waals surface area contributed by atoms with Gasteiger partial charge in [0.25, 0.3) is 0 Å². The predicted molar refractivity (Wildman–Crippen MR) is 123 cm³/mol. The quantitative estimate of drug-likeness (QED) is 0.402. The molecule has 2 aromatic carbocycles. The molecule has 0 saturated heterocycles. The number of thiocarbonyl (C=S) groups is 1. The van der Waals surface area contributed by atoms with Crippen molar-refractivity contribution in [2.75, 3.05) is 16.8 Å². The van der Waals surface area contributed by atoms with Gasteiger partial charge in [-0.25, -0.2) is 4.39 Å². The molecule has 0 atom stereocenters. The summed E-state index contributed by atoms with van der Waals surface area (Å²) in [5.41, 5.74) is 2.86. The number of amides is 1. The van der Waals surface area contributed by atoms with E-state index in [1.165, 1.54) is 19.1 Å². The number of nitrogens with zero attached hydrogens (tertiary/aromatic N) is 1. The van der Waals surface area contributed by atoms with E-state index in [2.05, 4.69) is 10.1 Å². The Labute approximate surface area is 187 Å². The van der Waals surface area contributed by atoms with E-state index in [1.54, 1.807) is 36.9 Å². The van der Waals surface area contributed by atoms with Crippen molar-refractivity contribution in [1.82, 2.24) is 0 Å². The van der Waals surface area contributed by atoms with Crippen molar-refractivity contribution in [2.45, 2.75) is 46.6 Å². The van der Waals surface area contributed by atoms with Gasteiger partial charge in [0, 0.05) is 19.4 Å². The Balaban J connectivity index is 0.000000501. The summed E-state index contributed by atoms with van der Waals surface area (Å²) in [5, 5.41) is 13.3. The van der Waals surface area contributed by atoms with Gasteiger partial charge in [-0.15, -0.1) is 0 Å². The summed E-state index contributed by atoms with van der Waals surface area (Å²) in [6.07, 6.45) is 1.87. The zero-order valence-corrected chi connectivity index (χ0v) is 18.7. The Morgan fingerprint density at radius 3 is 2.58 bits per heavy atom. The van der Waals surface area contributed by atoms with E-state index in [9.17, 15) is 19.1 Å². The Morgan fingerprint density at radius 1 is 1.26 bits per heavy atom. The van der Waals surface area contributed by atoms with Gasteiger partial charge in [-0.1, -0.05) is 24.4 Å². The third-order valence-electron chi connectivity index (χ3n) is 4.51. The van der Waals surface area contributed by atoms with Crippen LogP contribution in [0.25, 0.3) is 0 Å². The Kier molecular flexibility index (Phi) is 8.93. The molecule has 0 saturated carbocycles. The molecule has 1 heterocycles. The number of aromatic hydroxyl groups is 1. The van der Waals surface area contributed by atoms with Crippen molar-refractivity contribution >= 4 is 40.5 Å². The maximum Gasteiger partial charge on any atom is 0.302 e. The number of esters is 1. The van der Waals surface area contributed by atoms with Gasteiger partial charge in [0.15, 0.2) is 0 Å². The standard InChI is InChI=1S/C19H19FN2O2S.C4H8O2/c1-12(25)21-16-9-14-5-3-7-19(24)22(17(14)10-18(16)23)11-13-4-2-6-15(20)8-13;1-3-6-4(2)5/h2,4,6,8-10,23H,3,5,7,11H2,1H3,(H,21,25);3H2,1-2H3. The van der Waals surface area contributed by atoms with Crippen LogP contribution in [-0.2, 0) is 27.3 Å². The molecule has 0 aromatic heterocycles. The van der Waals surface area contributed by atoms with Crippen LogP contribution in [0.1, 0.15) is 44.7 Å². The highest BCUT2D eigenvalue weighted by molar-refractivity contribution is 7.80. The van der Waals surface area contributed by atoms with E-state index in [4.69, 9.17) is 12.2 Å². The maximum atomic E-state index is 13.5. The van der Waals surface area contributed by atoms with Crippen LogP contribution < -0.4 is 10.2 Å². The van der Waals surface area contributed by atoms with Crippen molar-refractivity contribution in [3.05, 3.63) is 53.3 Å². The lowest BCUT2D eigenvalue weighted by molar-refractivity contribution is -0.140. The summed E-state index contributed by atoms with van der Waals surface area (Å²) in [6, 6.07) is 9.62. The van der Waals surface area contributed by atoms with Crippen LogP contribution in [-0.4, -0.2) is 28.6 Å². The molecule has 8 heteroatoms. The highest BCUT2D eigenvalue weighted by Gasteiger charge is 2.24. The summed E-state index contributed by atoms with van der Waals surface area (Å²) in [7, 11) is 0. The fraction of sp³-hybridized carbons (Fsp3) is 0.348. The monoisotopic (exact) mass is 446 g/mol. The lowest BCUT2D eigenvalue weighted by Crippen LogP contribution is -2.29. The molecule has 0 aliphatic carbocycles. The van der Waals surface area contributed by atoms with Crippen LogP contribution in [0, 0.1) is 5.82 Å². The average Bonchev–Trinajstić information content (AvgIpc) is 2.81. The number of aryl methyl sites for hydroxylation is 1. The van der Waals surface area contributed by atoms with Gasteiger partial charge in [-0.05, 0) is 56.0 Å². The predicted octanol–water partition coefficient (Wildman–Crippen LogP) is 4.73. The summed E-state index contributed by atoms with van der Waals surface area (Å²) in [6.45, 7) is 5.66. The Bertz CT molecular complexity index is 965. The molecule has 3 rings (SSSR count). The summed E-state index contributed by atoms with van der Waals surface area (Å²) >= 11 is 5.04. The first kappa shape index (κ1) is 24.3. The van der Waals surface area contributed by atoms with Crippen LogP contribution in [0.5, 0.6) is 5.75 Å². The van der Waals surface area contributed by atoms with Crippen molar-refractivity contribution in [1.29, 1.82) is 0 Å². The minimum atomic E-state index is -0.334. The number of rotatable bonds is 4. The van der Waals surface area contributed by atoms with Gasteiger partial charge < -0.3 is 20.1 Å². The molecule has 0 radical (unpaired) electrons. The third kappa shape index (κ3) is 7.32. The molecule has 31 heavy (non-hydrogen) atoms. The van der Waals surface area contributed by atoms with Crippen molar-refractivity contribution in [3.8, 4) is 5.75 Å². The summed E-state index contributed by atoms with van der Waals surface area (Å²) in [5.74, 6) is -0.549. The van der Waals surface area contributed by atoms with Gasteiger partial charge >= 0.3 is 5.97 Å². The fourth-order valence-electron chi connectivity index (χ4n) is 3.26. The van der Waals surface area contributed by atoms with Crippen molar-refractivity contribution < 1.29 is 23.8 Å². The second-order valence-electron chi connectivity index (χ2n) is 7.07. The summed E-state index contributed by atoms with van der Waals surface area (Å²) < 4.78 is 17.9. The van der Waals surface area contributed by atoms with E-state index in [0.717, 1.165) is 18.4 Å². The van der Waals surface area contributed by atoms with Crippen LogP contribution in [0.2, 0.25) is 0 Å². The van der Waals surface area contributed by atoms with Gasteiger partial charge in [-0.3, -0.25) is 9.59 Å². The molecule has 1 aliphatic heterocycles. The average molecular weight is 447 g/mol. The highest BCUT2D eigenvalue weighted by atomic mass is 32.1. The van der Waals surface area contributed by atoms with Crippen molar-refractivity contribution in [2.24, 2.45) is 0 Å². The van der Waals surface area contributed by atoms with Gasteiger partial charge in [-0.2, -0.15) is 0 Å². The second-order valence-corrected chi connectivity index (χ2v) is 7.68. The number of benzene rings is 2. The largest absolute Gasteiger partial charge is 0.506 e. The van der Waals surface area contributed by atoms with E-state index in [0.29, 0.717) is 35.0 Å². The van der Waals surface area contributed by atoms with Gasteiger partial charge in [0.05, 0.1) is 29.5 Å². The minimum absolute atomic E-state index is 0.0295. The van der Waals surface area contributed by atoms with E-state index >= 15 is 0 Å². The first-order valence-electron chi connectivity index (χ1n) is 10.0. The molecular weight excluding hydrogens is 419 g/mol. The fourth-order valence-corrected chi connectivity index (χ4v) is 3.37. The molecular formula is C23H27FN2O4S. The van der Waals surface area contributed by atoms with Crippen molar-refractivity contribution in [3.63, 3.8) is 0 Å². The molecule has 1 aliphatic rings. The van der Waals surface area contributed by atoms with Gasteiger partial charge in [0.1, 0.15) is 11.6 Å². The Hall–Kier alpha value is -3.00. The molecule has 0 unspecified atom stereocenters. The number of hydrogen-bond acceptors (Lipinski definition) is 5. The lowest BCUT2D eigenvalue weighted by Gasteiger charge is -2.24. The molecule has 0 spiro atoms. The number of carbonyl (C=O) groups is 2. The molecule has 166 valence electrons. The first-order valence-corrected chi connectivity index (χ1v) is 10.4. The number of phenolic OH excluding ortho intramolecular Hbond substituents is 1. The van der Waals surface area contributed by atoms with Gasteiger partial charge in [0.2, 0.25) is 5.91 Å². The normalized spacial score (nSPS) is 12.8. The maximum absolute atomic E-state index is 13.5. The smallest absolute Gasteiger partial charge is 0.302 e. The molecule has 0 bridgehead atoms. The molecule has 0 fully saturated rings. The highest BCUT2D eigenvalue weighted by Crippen LogP contribution is 2.36. The topological polar surface area (TPSA) is 78.9 Å². The van der Waals surface area contributed by atoms with E-state index < -0.39 is 0 Å². The number of nitrogens with one attached hydrogen (secondary N) is 1. The summed E-state index contributed by atoms with van der Waals surface area (Å²) in [4.78, 5) is 24.5. The lowest BCUT2D eigenvalue weighted by atomic mass is 10.1. The molecule has 6 nitrogen and oxygen atoms in total. The zero-order valence-electron chi connectivity index (χ0n) is 17.9. The number of anilines is 2. The van der Waals surface area contributed by atoms with E-state index in [1.807, 2.05) is 6.07 Å². The second kappa shape index (κ2) is 11.4. The number of ether oxygens (including phenoxy) is 1. The first-order chi connectivity index (χ1) is 14.7. The zero-order chi connectivity index (χ0) is 23.0. The van der Waals surface area contributed by atoms with Crippen LogP contribution in [0.15, 0.2) is 36.4 Å². The van der Waals surface area contributed by atoms with Crippen LogP contribution >= 0.6 is 12.2 Å². The van der Waals surface area contributed by atoms with E-state index in [-0.39, 0.29) is 30.0 Å². The number of hydrogen-bond donors (Lipinski definition) is 2. The molecule has 2 aromatic rings.